The lowest BCUT2D eigenvalue weighted by Crippen LogP contribution is -2.63. The summed E-state index contributed by atoms with van der Waals surface area (Å²) in [5, 5.41) is 10.1. The molecular formula is C89H89IOS3. The van der Waals surface area contributed by atoms with Gasteiger partial charge in [0.1, 0.15) is 5.75 Å². The maximum absolute atomic E-state index is 10.1. The zero-order valence-corrected chi connectivity index (χ0v) is 60.7. The molecule has 3 spiro atoms. The van der Waals surface area contributed by atoms with Crippen molar-refractivity contribution in [3.8, 4) is 92.0 Å². The van der Waals surface area contributed by atoms with E-state index in [2.05, 4.69) is 198 Å². The first-order chi connectivity index (χ1) is 45.6. The van der Waals surface area contributed by atoms with E-state index in [0.717, 1.165) is 5.56 Å². The van der Waals surface area contributed by atoms with Crippen molar-refractivity contribution >= 4 is 66.0 Å². The maximum atomic E-state index is 10.1. The Bertz CT molecular complexity index is 4700. The van der Waals surface area contributed by atoms with Crippen LogP contribution in [0, 0.1) is 34.0 Å². The van der Waals surface area contributed by atoms with E-state index in [0.29, 0.717) is 11.2 Å². The van der Waals surface area contributed by atoms with Crippen LogP contribution in [0.4, 0.5) is 0 Å². The van der Waals surface area contributed by atoms with E-state index in [1.165, 1.54) is 237 Å². The molecule has 1 nitrogen and oxygen atoms in total. The zero-order valence-electron chi connectivity index (χ0n) is 56.1. The smallest absolute Gasteiger partial charge is 0.115 e. The molecule has 7 aromatic carbocycles. The van der Waals surface area contributed by atoms with Crippen LogP contribution in [0.15, 0.2) is 158 Å². The van der Waals surface area contributed by atoms with Crippen LogP contribution in [0.3, 0.4) is 0 Å². The topological polar surface area (TPSA) is 20.2 Å². The van der Waals surface area contributed by atoms with E-state index in [1.54, 1.807) is 33.4 Å². The third-order valence-electron chi connectivity index (χ3n) is 28.7. The minimum Gasteiger partial charge on any atom is -0.508 e. The number of halogens is 1. The average Bonchev–Trinajstić information content (AvgIpc) is 1.41. The third-order valence-corrected chi connectivity index (χ3v) is 34.1. The molecule has 0 aliphatic heterocycles. The number of hydrogen-bond donors (Lipinski definition) is 1. The fourth-order valence-electron chi connectivity index (χ4n) is 25.4. The van der Waals surface area contributed by atoms with E-state index in [4.69, 9.17) is 0 Å². The maximum Gasteiger partial charge on any atom is 0.115 e. The Labute approximate surface area is 584 Å². The molecule has 9 aliphatic rings. The van der Waals surface area contributed by atoms with E-state index in [1.807, 2.05) is 58.3 Å². The highest BCUT2D eigenvalue weighted by Gasteiger charge is 2.71. The molecule has 6 bridgehead atoms. The number of phenols is 1. The molecule has 94 heavy (non-hydrogen) atoms. The molecule has 1 unspecified atom stereocenters. The van der Waals surface area contributed by atoms with Crippen molar-refractivity contribution < 1.29 is 5.11 Å². The lowest BCUT2D eigenvalue weighted by atomic mass is 9.36. The first-order valence-corrected chi connectivity index (χ1v) is 40.2. The fraction of sp³-hybridized carbons (Fsp3) is 0.416. The predicted octanol–water partition coefficient (Wildman–Crippen LogP) is 27.0. The summed E-state index contributed by atoms with van der Waals surface area (Å²) in [5.41, 5.74) is 29.1. The number of rotatable bonds is 9. The van der Waals surface area contributed by atoms with Gasteiger partial charge in [0, 0.05) is 48.6 Å². The summed E-state index contributed by atoms with van der Waals surface area (Å²) >= 11 is 8.99. The van der Waals surface area contributed by atoms with Gasteiger partial charge in [-0.2, -0.15) is 0 Å². The lowest BCUT2D eigenvalue weighted by molar-refractivity contribution is -0.0894. The van der Waals surface area contributed by atoms with Gasteiger partial charge in [-0.1, -0.05) is 187 Å². The van der Waals surface area contributed by atoms with Crippen LogP contribution in [0.1, 0.15) is 215 Å². The molecule has 3 aromatic heterocycles. The normalized spacial score (nSPS) is 31.2. The van der Waals surface area contributed by atoms with Crippen LogP contribution in [0.2, 0.25) is 0 Å². The average molecular weight is 1400 g/mol. The van der Waals surface area contributed by atoms with Gasteiger partial charge in [-0.15, -0.1) is 34.0 Å². The Balaban J connectivity index is 0.717. The van der Waals surface area contributed by atoms with E-state index in [9.17, 15) is 5.11 Å². The summed E-state index contributed by atoms with van der Waals surface area (Å²) in [7, 11) is 0. The van der Waals surface area contributed by atoms with Crippen molar-refractivity contribution in [3.05, 3.63) is 197 Å². The van der Waals surface area contributed by atoms with Crippen LogP contribution in [-0.2, 0) is 16.2 Å². The molecular weight excluding hydrogens is 1310 g/mol. The summed E-state index contributed by atoms with van der Waals surface area (Å²) in [4.78, 5) is 5.40. The highest BCUT2D eigenvalue weighted by molar-refractivity contribution is 14.1. The van der Waals surface area contributed by atoms with Crippen molar-refractivity contribution in [1.29, 1.82) is 0 Å². The van der Waals surface area contributed by atoms with Gasteiger partial charge in [0.15, 0.2) is 0 Å². The van der Waals surface area contributed by atoms with Crippen molar-refractivity contribution in [1.82, 2.24) is 0 Å². The van der Waals surface area contributed by atoms with Gasteiger partial charge in [0.05, 0.1) is 0 Å². The van der Waals surface area contributed by atoms with Crippen LogP contribution in [0.5, 0.6) is 5.75 Å². The first-order valence-electron chi connectivity index (χ1n) is 36.6. The quantitative estimate of drug-likeness (QED) is 0.113. The van der Waals surface area contributed by atoms with Crippen LogP contribution in [0.25, 0.3) is 95.7 Å². The number of alkyl halides is 1. The molecule has 3 heterocycles. The Morgan fingerprint density at radius 3 is 1.18 bits per heavy atom. The molecule has 0 amide bonds. The minimum absolute atomic E-state index is 0.0425. The largest absolute Gasteiger partial charge is 0.508 e. The van der Waals surface area contributed by atoms with Crippen molar-refractivity contribution in [2.45, 2.75) is 202 Å². The standard InChI is InChI=1S/C89H89IOS3/c1-7-34-85-43-14-45-86(90,46-15-44-85)89(85)69-47-55(4)16-26-63(69)68-31-23-61(52-74(68)89)78-54-80-79(94-78)53-77(93-80)60-22-30-67-66-28-20-58(49-72(66)88(73(67)51-60)83(8-2)39-12-41-84(88,9-3)42-13-40-83)57-19-27-64-65-29-21-59(76-33-32-75(92-76)56-17-24-62(91)25-18-56)50-71(65)87(70(64)48-57)81(5)35-10-37-82(87,6)38-11-36-81/h16-33,47-54,91H,7-15,34-46H2,1-6H3. The molecule has 5 heteroatoms. The molecule has 6 fully saturated rings. The number of fused-ring (bicyclic) bond motifs is 10. The SMILES string of the molecule is CCCC12CCCC(I)(CCC1)C21c2cc(C)ccc2-c2ccc(-c3cc4sc(-c5ccc6c(c5)C5(c7cc(-c8ccc9c(c8)C8(c%10cc(-c%11ccc(-c%12ccc(O)cc%12)s%11)ccc%10-9)C9(C)CCCC8(C)CCC9)ccc7-6)C6(CC)CCCC5(CC)CCC6)cc4s3)cc21. The van der Waals surface area contributed by atoms with Crippen molar-refractivity contribution in [3.63, 3.8) is 0 Å². The molecule has 1 atom stereocenters. The Morgan fingerprint density at radius 1 is 0.351 bits per heavy atom. The number of phenolic OH excluding ortho intramolecular Hbond substituents is 1. The monoisotopic (exact) mass is 1400 g/mol. The van der Waals surface area contributed by atoms with Gasteiger partial charge in [0.25, 0.3) is 0 Å². The van der Waals surface area contributed by atoms with Gasteiger partial charge in [-0.05, 0) is 309 Å². The number of benzene rings is 7. The number of aromatic hydroxyl groups is 1. The molecule has 6 saturated carbocycles. The van der Waals surface area contributed by atoms with Crippen LogP contribution >= 0.6 is 56.6 Å². The highest BCUT2D eigenvalue weighted by Crippen LogP contribution is 2.79. The van der Waals surface area contributed by atoms with Crippen molar-refractivity contribution in [2.24, 2.45) is 27.1 Å². The summed E-state index contributed by atoms with van der Waals surface area (Å²) in [5.74, 6) is 0.312. The number of aryl methyl sites for hydroxylation is 1. The third kappa shape index (κ3) is 7.43. The second-order valence-electron chi connectivity index (χ2n) is 32.3. The van der Waals surface area contributed by atoms with Crippen LogP contribution < -0.4 is 0 Å². The van der Waals surface area contributed by atoms with Crippen molar-refractivity contribution in [2.75, 3.05) is 0 Å². The summed E-state index contributed by atoms with van der Waals surface area (Å²) in [6, 6.07) is 64.1. The zero-order chi connectivity index (χ0) is 63.6. The van der Waals surface area contributed by atoms with Gasteiger partial charge in [0.2, 0.25) is 0 Å². The molecule has 1 N–H and O–H groups in total. The Hall–Kier alpha value is -5.57. The van der Waals surface area contributed by atoms with Gasteiger partial charge in [-0.3, -0.25) is 0 Å². The Morgan fingerprint density at radius 2 is 0.713 bits per heavy atom. The second-order valence-corrected chi connectivity index (χ2v) is 37.6. The molecule has 19 rings (SSSR count). The predicted molar refractivity (Wildman–Crippen MR) is 409 cm³/mol. The van der Waals surface area contributed by atoms with E-state index < -0.39 is 0 Å². The minimum atomic E-state index is -0.0901. The van der Waals surface area contributed by atoms with Gasteiger partial charge >= 0.3 is 0 Å². The van der Waals surface area contributed by atoms with Gasteiger partial charge < -0.3 is 5.11 Å². The molecule has 0 saturated heterocycles. The highest BCUT2D eigenvalue weighted by atomic mass is 127. The second kappa shape index (κ2) is 20.7. The number of hydrogen-bond acceptors (Lipinski definition) is 4. The summed E-state index contributed by atoms with van der Waals surface area (Å²) in [6.07, 6.45) is 28.7. The summed E-state index contributed by atoms with van der Waals surface area (Å²) in [6.45, 7) is 15.4. The summed E-state index contributed by atoms with van der Waals surface area (Å²) < 4.78 is 3.09. The molecule has 10 aromatic rings. The van der Waals surface area contributed by atoms with Crippen LogP contribution in [-0.4, -0.2) is 8.53 Å². The lowest BCUT2D eigenvalue weighted by Gasteiger charge is -2.67. The van der Waals surface area contributed by atoms with E-state index >= 15 is 0 Å². The number of thiophene rings is 3. The fourth-order valence-corrected chi connectivity index (χ4v) is 30.7. The Kier molecular flexibility index (Phi) is 13.2. The molecule has 0 radical (unpaired) electrons. The molecule has 9 aliphatic carbocycles. The molecule has 476 valence electrons. The van der Waals surface area contributed by atoms with Gasteiger partial charge in [-0.25, -0.2) is 0 Å². The van der Waals surface area contributed by atoms with E-state index in [-0.39, 0.29) is 41.3 Å². The first kappa shape index (κ1) is 59.7.